The first-order chi connectivity index (χ1) is 7.89. The molecule has 3 nitrogen and oxygen atoms in total. The molecule has 17 heavy (non-hydrogen) atoms. The van der Waals surface area contributed by atoms with Gasteiger partial charge >= 0.3 is 0 Å². The Hall–Kier alpha value is -0.120. The fourth-order valence-electron chi connectivity index (χ4n) is 3.45. The van der Waals surface area contributed by atoms with Crippen molar-refractivity contribution in [2.24, 2.45) is 0 Å². The molecule has 0 amide bonds. The maximum absolute atomic E-state index is 5.96. The summed E-state index contributed by atoms with van der Waals surface area (Å²) in [4.78, 5) is 2.58. The van der Waals surface area contributed by atoms with Gasteiger partial charge in [-0.3, -0.25) is 4.90 Å². The fourth-order valence-corrected chi connectivity index (χ4v) is 3.45. The first-order valence-corrected chi connectivity index (χ1v) is 7.04. The van der Waals surface area contributed by atoms with Crippen molar-refractivity contribution >= 4 is 0 Å². The Bertz CT molecular complexity index is 259. The van der Waals surface area contributed by atoms with Crippen molar-refractivity contribution in [2.45, 2.75) is 64.2 Å². The summed E-state index contributed by atoms with van der Waals surface area (Å²) in [6, 6.07) is 0. The van der Waals surface area contributed by atoms with Crippen LogP contribution in [0.25, 0.3) is 0 Å². The van der Waals surface area contributed by atoms with Crippen LogP contribution < -0.4 is 5.32 Å². The third-order valence-electron chi connectivity index (χ3n) is 3.92. The van der Waals surface area contributed by atoms with Crippen molar-refractivity contribution in [1.29, 1.82) is 0 Å². The van der Waals surface area contributed by atoms with Crippen molar-refractivity contribution in [3.8, 4) is 0 Å². The molecule has 3 heteroatoms. The SMILES string of the molecule is CC1CN(CC2(C)CCCCN2)CC(C)(C)O1. The lowest BCUT2D eigenvalue weighted by molar-refractivity contribution is -0.132. The molecule has 2 saturated heterocycles. The van der Waals surface area contributed by atoms with Gasteiger partial charge in [-0.25, -0.2) is 0 Å². The summed E-state index contributed by atoms with van der Waals surface area (Å²) in [5.74, 6) is 0. The molecule has 1 N–H and O–H groups in total. The van der Waals surface area contributed by atoms with E-state index in [1.54, 1.807) is 0 Å². The lowest BCUT2D eigenvalue weighted by Gasteiger charge is -2.46. The molecule has 2 atom stereocenters. The molecule has 2 aliphatic heterocycles. The number of piperidine rings is 1. The Labute approximate surface area is 106 Å². The lowest BCUT2D eigenvalue weighted by Crippen LogP contribution is -2.59. The fraction of sp³-hybridized carbons (Fsp3) is 1.00. The monoisotopic (exact) mass is 240 g/mol. The quantitative estimate of drug-likeness (QED) is 0.799. The molecule has 2 unspecified atom stereocenters. The van der Waals surface area contributed by atoms with E-state index in [0.717, 1.165) is 19.6 Å². The number of nitrogens with one attached hydrogen (secondary N) is 1. The van der Waals surface area contributed by atoms with Gasteiger partial charge in [0.1, 0.15) is 0 Å². The van der Waals surface area contributed by atoms with Crippen LogP contribution in [-0.2, 0) is 4.74 Å². The molecule has 100 valence electrons. The van der Waals surface area contributed by atoms with Gasteiger partial charge in [0.15, 0.2) is 0 Å². The van der Waals surface area contributed by atoms with Gasteiger partial charge in [0.2, 0.25) is 0 Å². The van der Waals surface area contributed by atoms with E-state index in [4.69, 9.17) is 4.74 Å². The van der Waals surface area contributed by atoms with Crippen LogP contribution in [0.3, 0.4) is 0 Å². The molecule has 2 heterocycles. The number of hydrogen-bond acceptors (Lipinski definition) is 3. The summed E-state index contributed by atoms with van der Waals surface area (Å²) in [7, 11) is 0. The second-order valence-corrected chi connectivity index (χ2v) is 6.80. The molecule has 0 aromatic rings. The van der Waals surface area contributed by atoms with Crippen LogP contribution in [0, 0.1) is 0 Å². The average Bonchev–Trinajstić information content (AvgIpc) is 2.13. The van der Waals surface area contributed by atoms with Crippen LogP contribution >= 0.6 is 0 Å². The van der Waals surface area contributed by atoms with Crippen molar-refractivity contribution in [1.82, 2.24) is 10.2 Å². The van der Waals surface area contributed by atoms with Crippen LogP contribution in [0.5, 0.6) is 0 Å². The van der Waals surface area contributed by atoms with Crippen LogP contribution in [-0.4, -0.2) is 48.3 Å². The zero-order valence-corrected chi connectivity index (χ0v) is 11.9. The smallest absolute Gasteiger partial charge is 0.0757 e. The largest absolute Gasteiger partial charge is 0.370 e. The molecule has 2 aliphatic rings. The average molecular weight is 240 g/mol. The molecule has 0 aromatic heterocycles. The maximum Gasteiger partial charge on any atom is 0.0757 e. The topological polar surface area (TPSA) is 24.5 Å². The van der Waals surface area contributed by atoms with E-state index in [-0.39, 0.29) is 5.60 Å². The predicted molar refractivity (Wildman–Crippen MR) is 71.3 cm³/mol. The van der Waals surface area contributed by atoms with E-state index in [1.807, 2.05) is 0 Å². The van der Waals surface area contributed by atoms with Crippen molar-refractivity contribution in [3.05, 3.63) is 0 Å². The molecule has 2 rings (SSSR count). The number of ether oxygens (including phenoxy) is 1. The first kappa shape index (κ1) is 13.3. The van der Waals surface area contributed by atoms with Crippen molar-refractivity contribution in [2.75, 3.05) is 26.2 Å². The minimum absolute atomic E-state index is 0.00267. The van der Waals surface area contributed by atoms with E-state index in [2.05, 4.69) is 37.9 Å². The Morgan fingerprint density at radius 2 is 2.06 bits per heavy atom. The van der Waals surface area contributed by atoms with Gasteiger partial charge in [-0.2, -0.15) is 0 Å². The van der Waals surface area contributed by atoms with Crippen molar-refractivity contribution in [3.63, 3.8) is 0 Å². The van der Waals surface area contributed by atoms with Gasteiger partial charge in [0.05, 0.1) is 11.7 Å². The van der Waals surface area contributed by atoms with Gasteiger partial charge in [-0.1, -0.05) is 6.42 Å². The molecular weight excluding hydrogens is 212 g/mol. The highest BCUT2D eigenvalue weighted by Crippen LogP contribution is 2.25. The van der Waals surface area contributed by atoms with E-state index in [1.165, 1.54) is 25.8 Å². The summed E-state index contributed by atoms with van der Waals surface area (Å²) >= 11 is 0. The molecule has 0 aliphatic carbocycles. The Balaban J connectivity index is 1.93. The molecule has 0 radical (unpaired) electrons. The highest BCUT2D eigenvalue weighted by molar-refractivity contribution is 4.92. The summed E-state index contributed by atoms with van der Waals surface area (Å²) in [5, 5.41) is 3.70. The van der Waals surface area contributed by atoms with E-state index < -0.39 is 0 Å². The number of morpholine rings is 1. The molecule has 0 saturated carbocycles. The first-order valence-electron chi connectivity index (χ1n) is 7.04. The van der Waals surface area contributed by atoms with Gasteiger partial charge in [-0.15, -0.1) is 0 Å². The second-order valence-electron chi connectivity index (χ2n) is 6.80. The number of hydrogen-bond donors (Lipinski definition) is 1. The van der Waals surface area contributed by atoms with Gasteiger partial charge in [-0.05, 0) is 47.1 Å². The van der Waals surface area contributed by atoms with Crippen LogP contribution in [0.15, 0.2) is 0 Å². The minimum atomic E-state index is 0.00267. The molecule has 2 fully saturated rings. The normalized spacial score (nSPS) is 39.2. The zero-order valence-electron chi connectivity index (χ0n) is 11.9. The second kappa shape index (κ2) is 4.87. The summed E-state index contributed by atoms with van der Waals surface area (Å²) in [6.07, 6.45) is 4.36. The summed E-state index contributed by atoms with van der Waals surface area (Å²) in [5.41, 5.74) is 0.314. The predicted octanol–water partition coefficient (Wildman–Crippen LogP) is 2.02. The Morgan fingerprint density at radius 3 is 2.65 bits per heavy atom. The van der Waals surface area contributed by atoms with Crippen LogP contribution in [0.4, 0.5) is 0 Å². The van der Waals surface area contributed by atoms with E-state index >= 15 is 0 Å². The zero-order chi connectivity index (χ0) is 12.5. The molecule has 0 aromatic carbocycles. The standard InChI is InChI=1S/C14H28N2O/c1-12-9-16(10-13(2,3)17-12)11-14(4)7-5-6-8-15-14/h12,15H,5-11H2,1-4H3. The lowest BCUT2D eigenvalue weighted by atomic mass is 9.89. The highest BCUT2D eigenvalue weighted by atomic mass is 16.5. The number of rotatable bonds is 2. The third kappa shape index (κ3) is 3.67. The van der Waals surface area contributed by atoms with Crippen LogP contribution in [0.1, 0.15) is 47.0 Å². The van der Waals surface area contributed by atoms with E-state index in [0.29, 0.717) is 11.6 Å². The van der Waals surface area contributed by atoms with Gasteiger partial charge in [0.25, 0.3) is 0 Å². The number of nitrogens with zero attached hydrogens (tertiary/aromatic N) is 1. The summed E-state index contributed by atoms with van der Waals surface area (Å²) < 4.78 is 5.96. The van der Waals surface area contributed by atoms with E-state index in [9.17, 15) is 0 Å². The molecular formula is C14H28N2O. The Kier molecular flexibility index (Phi) is 3.81. The third-order valence-corrected chi connectivity index (χ3v) is 3.92. The van der Waals surface area contributed by atoms with Gasteiger partial charge < -0.3 is 10.1 Å². The molecule has 0 spiro atoms. The van der Waals surface area contributed by atoms with Crippen molar-refractivity contribution < 1.29 is 4.74 Å². The van der Waals surface area contributed by atoms with Crippen LogP contribution in [0.2, 0.25) is 0 Å². The minimum Gasteiger partial charge on any atom is -0.370 e. The molecule has 0 bridgehead atoms. The maximum atomic E-state index is 5.96. The Morgan fingerprint density at radius 1 is 1.29 bits per heavy atom. The summed E-state index contributed by atoms with van der Waals surface area (Å²) in [6.45, 7) is 13.4. The van der Waals surface area contributed by atoms with Gasteiger partial charge in [0, 0.05) is 25.2 Å². The highest BCUT2D eigenvalue weighted by Gasteiger charge is 2.35.